The zero-order valence-electron chi connectivity index (χ0n) is 16.6. The number of hydrogen-bond donors (Lipinski definition) is 3. The summed E-state index contributed by atoms with van der Waals surface area (Å²) < 4.78 is 11.0. The Hall–Kier alpha value is -4.03. The van der Waals surface area contributed by atoms with Crippen LogP contribution in [0.4, 0.5) is 11.4 Å². The van der Waals surface area contributed by atoms with Crippen LogP contribution in [0.25, 0.3) is 10.8 Å². The topological polar surface area (TPSA) is 94.9 Å². The Morgan fingerprint density at radius 3 is 2.58 bits per heavy atom. The summed E-state index contributed by atoms with van der Waals surface area (Å²) in [5.74, 6) is 2.06. The molecule has 4 aromatic carbocycles. The van der Waals surface area contributed by atoms with Gasteiger partial charge in [0.1, 0.15) is 5.84 Å². The monoisotopic (exact) mass is 408 g/mol. The SMILES string of the molecule is Nc1ccc2c(c1)C(N)(c1ccc3c(c1)OCO3)N=C(c1ccc3ccccc3c1)N2. The van der Waals surface area contributed by atoms with E-state index in [0.29, 0.717) is 23.0 Å². The average Bonchev–Trinajstić information content (AvgIpc) is 3.27. The Bertz CT molecular complexity index is 1380. The van der Waals surface area contributed by atoms with Crippen molar-refractivity contribution in [1.29, 1.82) is 0 Å². The summed E-state index contributed by atoms with van der Waals surface area (Å²) in [6.07, 6.45) is 0. The minimum absolute atomic E-state index is 0.201. The number of aliphatic imine (C=N–C) groups is 1. The van der Waals surface area contributed by atoms with Gasteiger partial charge in [0.05, 0.1) is 0 Å². The van der Waals surface area contributed by atoms with E-state index in [-0.39, 0.29) is 6.79 Å². The molecule has 0 saturated carbocycles. The van der Waals surface area contributed by atoms with Gasteiger partial charge < -0.3 is 20.5 Å². The Kier molecular flexibility index (Phi) is 3.72. The molecule has 1 unspecified atom stereocenters. The van der Waals surface area contributed by atoms with Gasteiger partial charge in [0.25, 0.3) is 0 Å². The number of ether oxygens (including phenoxy) is 2. The maximum absolute atomic E-state index is 7.02. The summed E-state index contributed by atoms with van der Waals surface area (Å²) in [6.45, 7) is 0.201. The van der Waals surface area contributed by atoms with Crippen LogP contribution in [-0.2, 0) is 5.66 Å². The van der Waals surface area contributed by atoms with E-state index < -0.39 is 5.66 Å². The lowest BCUT2D eigenvalue weighted by molar-refractivity contribution is 0.174. The molecule has 6 rings (SSSR count). The molecule has 2 heterocycles. The molecule has 2 aliphatic rings. The van der Waals surface area contributed by atoms with Crippen molar-refractivity contribution < 1.29 is 9.47 Å². The minimum Gasteiger partial charge on any atom is -0.454 e. The van der Waals surface area contributed by atoms with Crippen molar-refractivity contribution in [2.24, 2.45) is 10.7 Å². The summed E-state index contributed by atoms with van der Waals surface area (Å²) in [7, 11) is 0. The smallest absolute Gasteiger partial charge is 0.231 e. The van der Waals surface area contributed by atoms with Crippen LogP contribution in [0, 0.1) is 0 Å². The van der Waals surface area contributed by atoms with Crippen molar-refractivity contribution >= 4 is 28.0 Å². The molecular weight excluding hydrogens is 388 g/mol. The van der Waals surface area contributed by atoms with Crippen LogP contribution in [-0.4, -0.2) is 12.6 Å². The van der Waals surface area contributed by atoms with Gasteiger partial charge in [-0.25, -0.2) is 4.99 Å². The Balaban J connectivity index is 1.55. The van der Waals surface area contributed by atoms with Gasteiger partial charge in [-0.1, -0.05) is 42.5 Å². The lowest BCUT2D eigenvalue weighted by Crippen LogP contribution is -2.42. The molecule has 6 nitrogen and oxygen atoms in total. The van der Waals surface area contributed by atoms with E-state index in [9.17, 15) is 0 Å². The van der Waals surface area contributed by atoms with E-state index in [1.807, 2.05) is 48.5 Å². The Morgan fingerprint density at radius 1 is 0.839 bits per heavy atom. The molecule has 5 N–H and O–H groups in total. The van der Waals surface area contributed by atoms with Crippen LogP contribution in [0.15, 0.2) is 83.9 Å². The van der Waals surface area contributed by atoms with Gasteiger partial charge in [0.2, 0.25) is 6.79 Å². The fraction of sp³-hybridized carbons (Fsp3) is 0.0800. The number of rotatable bonds is 2. The quantitative estimate of drug-likeness (QED) is 0.433. The van der Waals surface area contributed by atoms with E-state index in [1.165, 1.54) is 5.39 Å². The number of benzene rings is 4. The van der Waals surface area contributed by atoms with Gasteiger partial charge >= 0.3 is 0 Å². The van der Waals surface area contributed by atoms with Crippen molar-refractivity contribution in [3.05, 3.63) is 95.6 Å². The molecule has 2 aliphatic heterocycles. The maximum atomic E-state index is 7.02. The third kappa shape index (κ3) is 2.80. The summed E-state index contributed by atoms with van der Waals surface area (Å²) in [5, 5.41) is 5.75. The van der Waals surface area contributed by atoms with Gasteiger partial charge in [-0.15, -0.1) is 0 Å². The number of anilines is 2. The van der Waals surface area contributed by atoms with Gasteiger partial charge in [-0.2, -0.15) is 0 Å². The van der Waals surface area contributed by atoms with Gasteiger partial charge in [-0.3, -0.25) is 5.73 Å². The predicted octanol–water partition coefficient (Wildman–Crippen LogP) is 4.18. The largest absolute Gasteiger partial charge is 0.454 e. The molecule has 0 spiro atoms. The highest BCUT2D eigenvalue weighted by molar-refractivity contribution is 6.12. The molecule has 0 bridgehead atoms. The third-order valence-corrected chi connectivity index (χ3v) is 5.83. The number of nitrogens with two attached hydrogens (primary N) is 2. The fourth-order valence-corrected chi connectivity index (χ4v) is 4.21. The molecule has 0 aromatic heterocycles. The molecule has 0 amide bonds. The third-order valence-electron chi connectivity index (χ3n) is 5.83. The second kappa shape index (κ2) is 6.48. The molecule has 1 atom stereocenters. The highest BCUT2D eigenvalue weighted by Gasteiger charge is 2.37. The van der Waals surface area contributed by atoms with Crippen molar-refractivity contribution in [2.45, 2.75) is 5.66 Å². The molecule has 0 aliphatic carbocycles. The first-order valence-corrected chi connectivity index (χ1v) is 10.1. The molecule has 152 valence electrons. The molecular formula is C25H20N4O2. The number of amidine groups is 1. The van der Waals surface area contributed by atoms with E-state index in [2.05, 4.69) is 35.6 Å². The number of hydrogen-bond acceptors (Lipinski definition) is 6. The lowest BCUT2D eigenvalue weighted by Gasteiger charge is -2.34. The fourth-order valence-electron chi connectivity index (χ4n) is 4.21. The first-order chi connectivity index (χ1) is 15.1. The van der Waals surface area contributed by atoms with Crippen LogP contribution in [0.1, 0.15) is 16.7 Å². The molecule has 4 aromatic rings. The van der Waals surface area contributed by atoms with Crippen LogP contribution in [0.5, 0.6) is 11.5 Å². The van der Waals surface area contributed by atoms with Gasteiger partial charge in [0, 0.05) is 28.1 Å². The number of nitrogens with one attached hydrogen (secondary N) is 1. The van der Waals surface area contributed by atoms with E-state index in [0.717, 1.165) is 27.8 Å². The van der Waals surface area contributed by atoms with Crippen molar-refractivity contribution in [2.75, 3.05) is 17.8 Å². The first kappa shape index (κ1) is 17.8. The Morgan fingerprint density at radius 2 is 1.68 bits per heavy atom. The van der Waals surface area contributed by atoms with E-state index >= 15 is 0 Å². The van der Waals surface area contributed by atoms with E-state index in [4.69, 9.17) is 25.9 Å². The molecule has 0 saturated heterocycles. The minimum atomic E-state index is -1.14. The van der Waals surface area contributed by atoms with Gasteiger partial charge in [-0.05, 0) is 47.2 Å². The van der Waals surface area contributed by atoms with Crippen LogP contribution in [0.3, 0.4) is 0 Å². The summed E-state index contributed by atoms with van der Waals surface area (Å²) in [6, 6.07) is 25.8. The lowest BCUT2D eigenvalue weighted by atomic mass is 9.88. The van der Waals surface area contributed by atoms with Crippen LogP contribution in [0.2, 0.25) is 0 Å². The molecule has 6 heteroatoms. The van der Waals surface area contributed by atoms with E-state index in [1.54, 1.807) is 0 Å². The summed E-state index contributed by atoms with van der Waals surface area (Å²) in [4.78, 5) is 5.00. The average molecular weight is 408 g/mol. The molecule has 31 heavy (non-hydrogen) atoms. The summed E-state index contributed by atoms with van der Waals surface area (Å²) >= 11 is 0. The second-order valence-corrected chi connectivity index (χ2v) is 7.79. The number of fused-ring (bicyclic) bond motifs is 3. The zero-order valence-corrected chi connectivity index (χ0v) is 16.6. The van der Waals surface area contributed by atoms with Gasteiger partial charge in [0.15, 0.2) is 17.2 Å². The highest BCUT2D eigenvalue weighted by Crippen LogP contribution is 2.42. The second-order valence-electron chi connectivity index (χ2n) is 7.79. The Labute approximate surface area is 179 Å². The van der Waals surface area contributed by atoms with Crippen molar-refractivity contribution in [1.82, 2.24) is 0 Å². The van der Waals surface area contributed by atoms with Crippen LogP contribution < -0.4 is 26.3 Å². The molecule has 0 radical (unpaired) electrons. The standard InChI is InChI=1S/C25H20N4O2/c26-19-8-9-21-20(13-19)25(27,18-7-10-22-23(12-18)31-14-30-22)29-24(28-21)17-6-5-15-3-1-2-4-16(15)11-17/h1-13H,14,26-27H2,(H,28,29). The summed E-state index contributed by atoms with van der Waals surface area (Å²) in [5.41, 5.74) is 16.0. The molecule has 0 fully saturated rings. The maximum Gasteiger partial charge on any atom is 0.231 e. The first-order valence-electron chi connectivity index (χ1n) is 10.1. The van der Waals surface area contributed by atoms with Crippen molar-refractivity contribution in [3.63, 3.8) is 0 Å². The number of nitrogen functional groups attached to an aromatic ring is 1. The van der Waals surface area contributed by atoms with Crippen molar-refractivity contribution in [3.8, 4) is 11.5 Å². The van der Waals surface area contributed by atoms with Crippen LogP contribution >= 0.6 is 0 Å². The highest BCUT2D eigenvalue weighted by atomic mass is 16.7. The number of nitrogens with zero attached hydrogens (tertiary/aromatic N) is 1. The predicted molar refractivity (Wildman–Crippen MR) is 122 cm³/mol. The zero-order chi connectivity index (χ0) is 21.0. The normalized spacial score (nSPS) is 18.9.